The van der Waals surface area contributed by atoms with Crippen LogP contribution in [0.15, 0.2) is 41.8 Å². The second kappa shape index (κ2) is 7.62. The van der Waals surface area contributed by atoms with Crippen LogP contribution in [-0.2, 0) is 4.79 Å². The van der Waals surface area contributed by atoms with Gasteiger partial charge in [-0.25, -0.2) is 9.97 Å². The highest BCUT2D eigenvalue weighted by Crippen LogP contribution is 2.31. The molecule has 6 nitrogen and oxygen atoms in total. The number of carboxylic acids is 1. The molecular formula is C20H22N4O2S. The predicted octanol–water partition coefficient (Wildman–Crippen LogP) is 3.34. The van der Waals surface area contributed by atoms with Crippen molar-refractivity contribution in [3.8, 4) is 10.7 Å². The van der Waals surface area contributed by atoms with Gasteiger partial charge in [-0.3, -0.25) is 9.69 Å². The zero-order valence-corrected chi connectivity index (χ0v) is 16.0. The highest BCUT2D eigenvalue weighted by Gasteiger charge is 2.25. The molecule has 1 N–H and O–H groups in total. The smallest absolute Gasteiger partial charge is 0.317 e. The summed E-state index contributed by atoms with van der Waals surface area (Å²) in [6.07, 6.45) is 1.85. The van der Waals surface area contributed by atoms with Crippen molar-refractivity contribution in [2.24, 2.45) is 0 Å². The van der Waals surface area contributed by atoms with E-state index in [1.807, 2.05) is 47.7 Å². The largest absolute Gasteiger partial charge is 0.480 e. The fraction of sp³-hybridized carbons (Fsp3) is 0.350. The third-order valence-corrected chi connectivity index (χ3v) is 5.96. The molecule has 1 aromatic carbocycles. The van der Waals surface area contributed by atoms with Crippen molar-refractivity contribution in [2.45, 2.75) is 18.9 Å². The first-order valence-electron chi connectivity index (χ1n) is 9.09. The highest BCUT2D eigenvalue weighted by molar-refractivity contribution is 7.13. The lowest BCUT2D eigenvalue weighted by molar-refractivity contribution is -0.138. The summed E-state index contributed by atoms with van der Waals surface area (Å²) in [5.41, 5.74) is 0.955. The lowest BCUT2D eigenvalue weighted by Crippen LogP contribution is -2.45. The zero-order chi connectivity index (χ0) is 18.8. The molecule has 0 aliphatic carbocycles. The van der Waals surface area contributed by atoms with Gasteiger partial charge in [0.2, 0.25) is 0 Å². The van der Waals surface area contributed by atoms with Gasteiger partial charge in [-0.15, -0.1) is 11.3 Å². The Morgan fingerprint density at radius 2 is 2.00 bits per heavy atom. The summed E-state index contributed by atoms with van der Waals surface area (Å²) in [6, 6.07) is 12.5. The molecule has 4 rings (SSSR count). The monoisotopic (exact) mass is 382 g/mol. The first kappa shape index (κ1) is 17.9. The van der Waals surface area contributed by atoms with Crippen molar-refractivity contribution in [1.82, 2.24) is 14.9 Å². The normalized spacial score (nSPS) is 15.6. The van der Waals surface area contributed by atoms with E-state index in [-0.39, 0.29) is 6.54 Å². The molecule has 0 radical (unpaired) electrons. The van der Waals surface area contributed by atoms with E-state index in [4.69, 9.17) is 15.1 Å². The lowest BCUT2D eigenvalue weighted by atomic mass is 10.0. The molecule has 1 fully saturated rings. The first-order valence-corrected chi connectivity index (χ1v) is 9.97. The van der Waals surface area contributed by atoms with Gasteiger partial charge in [0.25, 0.3) is 0 Å². The number of aromatic nitrogens is 2. The number of fused-ring (bicyclic) bond motifs is 1. The maximum absolute atomic E-state index is 11.0. The minimum Gasteiger partial charge on any atom is -0.480 e. The Kier molecular flexibility index (Phi) is 5.05. The lowest BCUT2D eigenvalue weighted by Gasteiger charge is -2.37. The van der Waals surface area contributed by atoms with Crippen molar-refractivity contribution in [1.29, 1.82) is 0 Å². The van der Waals surface area contributed by atoms with E-state index in [2.05, 4.69) is 11.0 Å². The number of piperidine rings is 1. The Balaban J connectivity index is 1.61. The van der Waals surface area contributed by atoms with Gasteiger partial charge in [0.15, 0.2) is 5.82 Å². The molecule has 0 amide bonds. The van der Waals surface area contributed by atoms with Crippen molar-refractivity contribution >= 4 is 34.0 Å². The average Bonchev–Trinajstić information content (AvgIpc) is 3.21. The minimum absolute atomic E-state index is 0.0869. The average molecular weight is 382 g/mol. The SMILES string of the molecule is CN(CC(=O)O)C1CCN(c2nc(-c3cccs3)nc3ccccc23)CC1. The molecule has 1 saturated heterocycles. The highest BCUT2D eigenvalue weighted by atomic mass is 32.1. The van der Waals surface area contributed by atoms with Crippen molar-refractivity contribution in [3.63, 3.8) is 0 Å². The molecule has 0 saturated carbocycles. The molecule has 3 heterocycles. The van der Waals surface area contributed by atoms with Crippen LogP contribution in [0.25, 0.3) is 21.6 Å². The predicted molar refractivity (Wildman–Crippen MR) is 108 cm³/mol. The minimum atomic E-state index is -0.776. The second-order valence-electron chi connectivity index (χ2n) is 6.89. The molecule has 140 valence electrons. The number of aliphatic carboxylic acids is 1. The topological polar surface area (TPSA) is 69.6 Å². The summed E-state index contributed by atoms with van der Waals surface area (Å²) in [5, 5.41) is 12.1. The Hall–Kier alpha value is -2.51. The van der Waals surface area contributed by atoms with Crippen LogP contribution in [0.3, 0.4) is 0 Å². The maximum Gasteiger partial charge on any atom is 0.317 e. The van der Waals surface area contributed by atoms with Gasteiger partial charge >= 0.3 is 5.97 Å². The summed E-state index contributed by atoms with van der Waals surface area (Å²) in [4.78, 5) is 25.9. The second-order valence-corrected chi connectivity index (χ2v) is 7.84. The summed E-state index contributed by atoms with van der Waals surface area (Å²) in [7, 11) is 1.89. The van der Waals surface area contributed by atoms with Crippen LogP contribution < -0.4 is 4.90 Å². The van der Waals surface area contributed by atoms with Gasteiger partial charge in [-0.2, -0.15) is 0 Å². The fourth-order valence-corrected chi connectivity index (χ4v) is 4.34. The van der Waals surface area contributed by atoms with Gasteiger partial charge in [0.05, 0.1) is 16.9 Å². The van der Waals surface area contributed by atoms with Gasteiger partial charge in [0, 0.05) is 24.5 Å². The van der Waals surface area contributed by atoms with Crippen LogP contribution in [0.1, 0.15) is 12.8 Å². The van der Waals surface area contributed by atoms with Crippen LogP contribution in [-0.4, -0.2) is 58.7 Å². The van der Waals surface area contributed by atoms with Crippen LogP contribution in [0, 0.1) is 0 Å². The zero-order valence-electron chi connectivity index (χ0n) is 15.2. The van der Waals surface area contributed by atoms with E-state index in [0.29, 0.717) is 6.04 Å². The van der Waals surface area contributed by atoms with E-state index in [1.165, 1.54) is 0 Å². The molecule has 27 heavy (non-hydrogen) atoms. The Morgan fingerprint density at radius 3 is 2.70 bits per heavy atom. The number of carboxylic acid groups (broad SMARTS) is 1. The van der Waals surface area contributed by atoms with Crippen LogP contribution in [0.4, 0.5) is 5.82 Å². The van der Waals surface area contributed by atoms with E-state index < -0.39 is 5.97 Å². The number of thiophene rings is 1. The number of carbonyl (C=O) groups is 1. The van der Waals surface area contributed by atoms with Gasteiger partial charge in [-0.05, 0) is 43.5 Å². The third kappa shape index (κ3) is 3.79. The number of likely N-dealkylation sites (N-methyl/N-ethyl adjacent to an activating group) is 1. The molecule has 2 aromatic heterocycles. The molecule has 1 aliphatic rings. The number of para-hydroxylation sites is 1. The number of hydrogen-bond donors (Lipinski definition) is 1. The van der Waals surface area contributed by atoms with E-state index >= 15 is 0 Å². The summed E-state index contributed by atoms with van der Waals surface area (Å²) in [5.74, 6) is 0.967. The molecule has 1 aliphatic heterocycles. The van der Waals surface area contributed by atoms with Crippen molar-refractivity contribution in [3.05, 3.63) is 41.8 Å². The number of benzene rings is 1. The third-order valence-electron chi connectivity index (χ3n) is 5.10. The Morgan fingerprint density at radius 1 is 1.22 bits per heavy atom. The molecule has 0 unspecified atom stereocenters. The molecule has 3 aromatic rings. The van der Waals surface area contributed by atoms with Crippen molar-refractivity contribution < 1.29 is 9.90 Å². The van der Waals surface area contributed by atoms with E-state index in [9.17, 15) is 4.79 Å². The molecule has 0 spiro atoms. The standard InChI is InChI=1S/C20H22N4O2S/c1-23(13-18(25)26)14-8-10-24(11-9-14)20-15-5-2-3-6-16(15)21-19(22-20)17-7-4-12-27-17/h2-7,12,14H,8-11,13H2,1H3,(H,25,26). The number of anilines is 1. The Bertz CT molecular complexity index is 936. The maximum atomic E-state index is 11.0. The van der Waals surface area contributed by atoms with Gasteiger partial charge in [-0.1, -0.05) is 18.2 Å². The Labute approximate surface area is 162 Å². The van der Waals surface area contributed by atoms with Gasteiger partial charge < -0.3 is 10.0 Å². The van der Waals surface area contributed by atoms with E-state index in [1.54, 1.807) is 11.3 Å². The van der Waals surface area contributed by atoms with E-state index in [0.717, 1.165) is 53.4 Å². The molecule has 0 bridgehead atoms. The van der Waals surface area contributed by atoms with Crippen molar-refractivity contribution in [2.75, 3.05) is 31.6 Å². The quantitative estimate of drug-likeness (QED) is 0.730. The molecule has 0 atom stereocenters. The van der Waals surface area contributed by atoms with Crippen LogP contribution >= 0.6 is 11.3 Å². The summed E-state index contributed by atoms with van der Waals surface area (Å²) in [6.45, 7) is 1.81. The molecule has 7 heteroatoms. The van der Waals surface area contributed by atoms with Crippen LogP contribution in [0.5, 0.6) is 0 Å². The summed E-state index contributed by atoms with van der Waals surface area (Å²) < 4.78 is 0. The number of hydrogen-bond acceptors (Lipinski definition) is 6. The fourth-order valence-electron chi connectivity index (χ4n) is 3.68. The number of rotatable bonds is 5. The van der Waals surface area contributed by atoms with Crippen LogP contribution in [0.2, 0.25) is 0 Å². The first-order chi connectivity index (χ1) is 13.1. The van der Waals surface area contributed by atoms with Gasteiger partial charge in [0.1, 0.15) is 5.82 Å². The summed E-state index contributed by atoms with van der Waals surface area (Å²) >= 11 is 1.64. The molecular weight excluding hydrogens is 360 g/mol. The number of nitrogens with zero attached hydrogens (tertiary/aromatic N) is 4.